The Morgan fingerprint density at radius 1 is 1.07 bits per heavy atom. The van der Waals surface area contributed by atoms with Crippen molar-refractivity contribution in [2.75, 3.05) is 27.8 Å². The predicted molar refractivity (Wildman–Crippen MR) is 115 cm³/mol. The van der Waals surface area contributed by atoms with Gasteiger partial charge < -0.3 is 14.2 Å². The SMILES string of the molecule is CCC1(CC)c2ccc(OC)c3c2[C@]24CCN(C)[C@H]1C2=CC=C(OC)[C@]4(CC)O3. The number of benzene rings is 1. The van der Waals surface area contributed by atoms with Crippen molar-refractivity contribution >= 4 is 0 Å². The average Bonchev–Trinajstić information content (AvgIpc) is 3.06. The highest BCUT2D eigenvalue weighted by molar-refractivity contribution is 5.72. The molecule has 4 heteroatoms. The molecular formula is C25H33NO3. The first-order chi connectivity index (χ1) is 14.0. The minimum absolute atomic E-state index is 0.0758. The molecule has 2 bridgehead atoms. The minimum atomic E-state index is -0.495. The zero-order valence-electron chi connectivity index (χ0n) is 18.6. The molecule has 0 unspecified atom stereocenters. The monoisotopic (exact) mass is 395 g/mol. The van der Waals surface area contributed by atoms with E-state index >= 15 is 0 Å². The third-order valence-corrected chi connectivity index (χ3v) is 8.65. The van der Waals surface area contributed by atoms with Gasteiger partial charge >= 0.3 is 0 Å². The van der Waals surface area contributed by atoms with Crippen LogP contribution in [0, 0.1) is 0 Å². The molecule has 156 valence electrons. The van der Waals surface area contributed by atoms with Gasteiger partial charge in [0.1, 0.15) is 5.76 Å². The number of hydrogen-bond donors (Lipinski definition) is 0. The number of allylic oxidation sites excluding steroid dienone is 2. The third kappa shape index (κ3) is 1.82. The number of hydrogen-bond acceptors (Lipinski definition) is 4. The van der Waals surface area contributed by atoms with Gasteiger partial charge in [-0.2, -0.15) is 0 Å². The van der Waals surface area contributed by atoms with Crippen molar-refractivity contribution in [3.05, 3.63) is 46.7 Å². The Hall–Kier alpha value is -1.94. The smallest absolute Gasteiger partial charge is 0.179 e. The van der Waals surface area contributed by atoms with Crippen LogP contribution < -0.4 is 9.47 Å². The van der Waals surface area contributed by atoms with Crippen molar-refractivity contribution in [3.63, 3.8) is 0 Å². The Labute approximate surface area is 174 Å². The number of rotatable bonds is 5. The Morgan fingerprint density at radius 3 is 2.45 bits per heavy atom. The summed E-state index contributed by atoms with van der Waals surface area (Å²) >= 11 is 0. The summed E-state index contributed by atoms with van der Waals surface area (Å²) in [5.74, 6) is 2.72. The fraction of sp³-hybridized carbons (Fsp3) is 0.600. The van der Waals surface area contributed by atoms with Crippen LogP contribution in [-0.2, 0) is 15.6 Å². The van der Waals surface area contributed by atoms with Crippen LogP contribution in [0.15, 0.2) is 35.6 Å². The van der Waals surface area contributed by atoms with E-state index < -0.39 is 5.60 Å². The summed E-state index contributed by atoms with van der Waals surface area (Å²) in [5, 5.41) is 0. The number of nitrogens with zero attached hydrogens (tertiary/aromatic N) is 1. The van der Waals surface area contributed by atoms with Gasteiger partial charge in [-0.05, 0) is 62.6 Å². The van der Waals surface area contributed by atoms with E-state index in [0.717, 1.165) is 49.5 Å². The van der Waals surface area contributed by atoms with E-state index in [4.69, 9.17) is 14.2 Å². The zero-order valence-corrected chi connectivity index (χ0v) is 18.6. The van der Waals surface area contributed by atoms with Crippen LogP contribution in [0.5, 0.6) is 11.5 Å². The Balaban J connectivity index is 1.96. The van der Waals surface area contributed by atoms with Gasteiger partial charge in [-0.3, -0.25) is 4.90 Å². The molecule has 4 aliphatic rings. The number of ether oxygens (including phenoxy) is 3. The summed E-state index contributed by atoms with van der Waals surface area (Å²) in [4.78, 5) is 2.58. The van der Waals surface area contributed by atoms with E-state index in [0.29, 0.717) is 6.04 Å². The van der Waals surface area contributed by atoms with E-state index in [1.54, 1.807) is 14.2 Å². The van der Waals surface area contributed by atoms with E-state index in [1.165, 1.54) is 16.7 Å². The summed E-state index contributed by atoms with van der Waals surface area (Å²) in [6.07, 6.45) is 8.63. The molecule has 1 saturated heterocycles. The summed E-state index contributed by atoms with van der Waals surface area (Å²) in [7, 11) is 5.82. The van der Waals surface area contributed by atoms with Gasteiger partial charge in [0.15, 0.2) is 17.1 Å². The summed E-state index contributed by atoms with van der Waals surface area (Å²) in [6, 6.07) is 4.82. The molecule has 0 amide bonds. The van der Waals surface area contributed by atoms with Gasteiger partial charge in [-0.25, -0.2) is 0 Å². The van der Waals surface area contributed by atoms with E-state index in [2.05, 4.69) is 57.0 Å². The van der Waals surface area contributed by atoms with Crippen molar-refractivity contribution in [3.8, 4) is 11.5 Å². The number of likely N-dealkylation sites (N-methyl/N-ethyl adjacent to an activating group) is 1. The maximum Gasteiger partial charge on any atom is 0.179 e. The van der Waals surface area contributed by atoms with Crippen LogP contribution in [-0.4, -0.2) is 44.4 Å². The lowest BCUT2D eigenvalue weighted by Gasteiger charge is -2.62. The highest BCUT2D eigenvalue weighted by Crippen LogP contribution is 2.71. The van der Waals surface area contributed by atoms with Crippen molar-refractivity contribution in [1.29, 1.82) is 0 Å². The molecule has 1 fully saturated rings. The van der Waals surface area contributed by atoms with E-state index in [-0.39, 0.29) is 10.8 Å². The van der Waals surface area contributed by atoms with Gasteiger partial charge in [-0.15, -0.1) is 0 Å². The van der Waals surface area contributed by atoms with Crippen LogP contribution in [0.2, 0.25) is 0 Å². The lowest BCUT2D eigenvalue weighted by Crippen LogP contribution is -2.68. The number of piperidine rings is 1. The topological polar surface area (TPSA) is 30.9 Å². The third-order valence-electron chi connectivity index (χ3n) is 8.65. The summed E-state index contributed by atoms with van der Waals surface area (Å²) in [5.41, 5.74) is 3.75. The molecule has 29 heavy (non-hydrogen) atoms. The minimum Gasteiger partial charge on any atom is -0.497 e. The van der Waals surface area contributed by atoms with Crippen molar-refractivity contribution < 1.29 is 14.2 Å². The van der Waals surface area contributed by atoms with Gasteiger partial charge in [0, 0.05) is 17.0 Å². The van der Waals surface area contributed by atoms with Crippen LogP contribution in [0.25, 0.3) is 0 Å². The molecule has 4 nitrogen and oxygen atoms in total. The van der Waals surface area contributed by atoms with Crippen LogP contribution >= 0.6 is 0 Å². The van der Waals surface area contributed by atoms with Crippen LogP contribution in [0.4, 0.5) is 0 Å². The lowest BCUT2D eigenvalue weighted by atomic mass is 9.46. The van der Waals surface area contributed by atoms with Crippen molar-refractivity contribution in [2.24, 2.45) is 0 Å². The van der Waals surface area contributed by atoms with Gasteiger partial charge in [0.2, 0.25) is 0 Å². The van der Waals surface area contributed by atoms with E-state index in [1.807, 2.05) is 0 Å². The normalized spacial score (nSPS) is 33.4. The van der Waals surface area contributed by atoms with E-state index in [9.17, 15) is 0 Å². The summed E-state index contributed by atoms with van der Waals surface area (Å²) in [6.45, 7) is 7.98. The highest BCUT2D eigenvalue weighted by atomic mass is 16.6. The predicted octanol–water partition coefficient (Wildman–Crippen LogP) is 4.72. The Morgan fingerprint density at radius 2 is 1.83 bits per heavy atom. The molecule has 3 atom stereocenters. The largest absolute Gasteiger partial charge is 0.497 e. The second-order valence-corrected chi connectivity index (χ2v) is 9.06. The van der Waals surface area contributed by atoms with Gasteiger partial charge in [0.25, 0.3) is 0 Å². The fourth-order valence-corrected chi connectivity index (χ4v) is 7.38. The molecule has 0 aromatic heterocycles. The molecule has 2 aliphatic heterocycles. The van der Waals surface area contributed by atoms with Crippen LogP contribution in [0.3, 0.4) is 0 Å². The zero-order chi connectivity index (χ0) is 20.6. The molecular weight excluding hydrogens is 362 g/mol. The summed E-state index contributed by atoms with van der Waals surface area (Å²) < 4.78 is 18.8. The lowest BCUT2D eigenvalue weighted by molar-refractivity contribution is -0.0280. The number of methoxy groups -OCH3 is 2. The Bertz CT molecular complexity index is 928. The Kier molecular flexibility index (Phi) is 3.97. The van der Waals surface area contributed by atoms with Gasteiger partial charge in [-0.1, -0.05) is 32.9 Å². The average molecular weight is 396 g/mol. The first-order valence-corrected chi connectivity index (χ1v) is 11.1. The second kappa shape index (κ2) is 6.04. The number of likely N-dealkylation sites (tertiary alicyclic amines) is 1. The molecule has 0 saturated carbocycles. The molecule has 2 heterocycles. The fourth-order valence-electron chi connectivity index (χ4n) is 7.38. The first-order valence-electron chi connectivity index (χ1n) is 11.1. The quantitative estimate of drug-likeness (QED) is 0.722. The molecule has 1 aromatic carbocycles. The molecule has 5 rings (SSSR count). The maximum atomic E-state index is 6.98. The van der Waals surface area contributed by atoms with Gasteiger partial charge in [0.05, 0.1) is 19.6 Å². The molecule has 2 aliphatic carbocycles. The first kappa shape index (κ1) is 19.0. The molecule has 1 spiro atoms. The maximum absolute atomic E-state index is 6.98. The highest BCUT2D eigenvalue weighted by Gasteiger charge is 2.72. The second-order valence-electron chi connectivity index (χ2n) is 9.06. The molecule has 1 aromatic rings. The standard InChI is InChI=1S/C25H33NO3/c1-7-23(8-2)16-10-12-18(27-5)21-20(16)24-14-15-26(4)22(23)17(24)11-13-19(28-6)25(24,9-3)29-21/h10-13,22H,7-9,14-15H2,1-6H3/t22-,24-,25-/m0/s1. The van der Waals surface area contributed by atoms with Crippen molar-refractivity contribution in [2.45, 2.75) is 68.9 Å². The van der Waals surface area contributed by atoms with Crippen molar-refractivity contribution in [1.82, 2.24) is 4.90 Å². The molecule has 0 radical (unpaired) electrons. The van der Waals surface area contributed by atoms with Crippen LogP contribution in [0.1, 0.15) is 57.6 Å². The molecule has 0 N–H and O–H groups in total.